The Morgan fingerprint density at radius 1 is 1.33 bits per heavy atom. The number of thiocarbonyl (C=S) groups is 1. The summed E-state index contributed by atoms with van der Waals surface area (Å²) in [7, 11) is 0. The van der Waals surface area contributed by atoms with Crippen molar-refractivity contribution in [3.63, 3.8) is 0 Å². The van der Waals surface area contributed by atoms with E-state index in [0.717, 1.165) is 24.8 Å². The number of hydrogen-bond donors (Lipinski definition) is 2. The van der Waals surface area contributed by atoms with E-state index in [1.807, 2.05) is 30.3 Å². The lowest BCUT2D eigenvalue weighted by Gasteiger charge is -2.15. The first-order valence-corrected chi connectivity index (χ1v) is 6.68. The van der Waals surface area contributed by atoms with Crippen molar-refractivity contribution in [1.29, 1.82) is 0 Å². The van der Waals surface area contributed by atoms with Gasteiger partial charge in [0.15, 0.2) is 0 Å². The first-order chi connectivity index (χ1) is 8.65. The van der Waals surface area contributed by atoms with Gasteiger partial charge in [-0.2, -0.15) is 0 Å². The number of hydrogen-bond acceptors (Lipinski definition) is 2. The minimum Gasteiger partial charge on any atom is -0.393 e. The van der Waals surface area contributed by atoms with Crippen LogP contribution in [-0.4, -0.2) is 17.4 Å². The van der Waals surface area contributed by atoms with Gasteiger partial charge in [-0.05, 0) is 31.2 Å². The van der Waals surface area contributed by atoms with Crippen LogP contribution in [0.25, 0.3) is 0 Å². The number of carbonyl (C=O) groups excluding carboxylic acids is 1. The molecule has 0 aliphatic heterocycles. The van der Waals surface area contributed by atoms with E-state index < -0.39 is 0 Å². The molecular formula is C14H18N2OS. The van der Waals surface area contributed by atoms with Gasteiger partial charge in [-0.25, -0.2) is 0 Å². The summed E-state index contributed by atoms with van der Waals surface area (Å²) in [5, 5.41) is 2.99. The van der Waals surface area contributed by atoms with E-state index in [-0.39, 0.29) is 11.3 Å². The molecule has 3 N–H and O–H groups in total. The fraction of sp³-hybridized carbons (Fsp3) is 0.429. The largest absolute Gasteiger partial charge is 0.393 e. The van der Waals surface area contributed by atoms with Crippen LogP contribution in [0.1, 0.15) is 31.2 Å². The summed E-state index contributed by atoms with van der Waals surface area (Å²) in [5.74, 6) is 0.136. The molecule has 2 rings (SSSR count). The second-order valence-corrected chi connectivity index (χ2v) is 5.30. The summed E-state index contributed by atoms with van der Waals surface area (Å²) in [4.78, 5) is 12.7. The Kier molecular flexibility index (Phi) is 3.97. The van der Waals surface area contributed by atoms with Gasteiger partial charge in [0.1, 0.15) is 0 Å². The van der Waals surface area contributed by atoms with Gasteiger partial charge in [0.2, 0.25) is 5.91 Å². The van der Waals surface area contributed by atoms with E-state index in [1.165, 1.54) is 0 Å². The highest BCUT2D eigenvalue weighted by atomic mass is 32.1. The van der Waals surface area contributed by atoms with Gasteiger partial charge in [-0.1, -0.05) is 42.5 Å². The molecule has 0 aromatic heterocycles. The average Bonchev–Trinajstić information content (AvgIpc) is 3.17. The van der Waals surface area contributed by atoms with Crippen LogP contribution in [0, 0.1) is 0 Å². The maximum atomic E-state index is 12.2. The molecule has 0 bridgehead atoms. The van der Waals surface area contributed by atoms with Gasteiger partial charge >= 0.3 is 0 Å². The normalized spacial score (nSPS) is 16.0. The van der Waals surface area contributed by atoms with Crippen molar-refractivity contribution in [2.75, 3.05) is 6.54 Å². The average molecular weight is 262 g/mol. The zero-order valence-corrected chi connectivity index (χ0v) is 11.1. The van der Waals surface area contributed by atoms with Crippen molar-refractivity contribution in [2.45, 2.75) is 31.1 Å². The third kappa shape index (κ3) is 2.88. The molecule has 96 valence electrons. The molecule has 0 radical (unpaired) electrons. The fourth-order valence-corrected chi connectivity index (χ4v) is 2.31. The highest BCUT2D eigenvalue weighted by Gasteiger charge is 2.50. The SMILES string of the molecule is NC(=S)CCCNC(=O)C1(c2ccccc2)CC1. The summed E-state index contributed by atoms with van der Waals surface area (Å²) in [6.45, 7) is 0.644. The Balaban J connectivity index is 1.88. The van der Waals surface area contributed by atoms with Crippen molar-refractivity contribution in [3.05, 3.63) is 35.9 Å². The van der Waals surface area contributed by atoms with E-state index in [0.29, 0.717) is 18.0 Å². The molecule has 1 aliphatic carbocycles. The number of nitrogens with one attached hydrogen (secondary N) is 1. The molecule has 1 fully saturated rings. The van der Waals surface area contributed by atoms with Crippen molar-refractivity contribution in [1.82, 2.24) is 5.32 Å². The minimum atomic E-state index is -0.273. The number of rotatable bonds is 6. The summed E-state index contributed by atoms with van der Waals surface area (Å²) >= 11 is 4.80. The van der Waals surface area contributed by atoms with E-state index in [2.05, 4.69) is 5.32 Å². The minimum absolute atomic E-state index is 0.136. The highest BCUT2D eigenvalue weighted by Crippen LogP contribution is 2.48. The standard InChI is InChI=1S/C14H18N2OS/c15-12(18)7-4-10-16-13(17)14(8-9-14)11-5-2-1-3-6-11/h1-3,5-6H,4,7-10H2,(H2,15,18)(H,16,17). The van der Waals surface area contributed by atoms with Crippen LogP contribution in [0.5, 0.6) is 0 Å². The molecule has 1 aliphatic rings. The second-order valence-electron chi connectivity index (χ2n) is 4.77. The van der Waals surface area contributed by atoms with Crippen LogP contribution >= 0.6 is 12.2 Å². The van der Waals surface area contributed by atoms with E-state index in [9.17, 15) is 4.79 Å². The predicted octanol–water partition coefficient (Wildman–Crippen LogP) is 1.90. The van der Waals surface area contributed by atoms with E-state index in [1.54, 1.807) is 0 Å². The van der Waals surface area contributed by atoms with Crippen LogP contribution < -0.4 is 11.1 Å². The van der Waals surface area contributed by atoms with Crippen LogP contribution in [0.4, 0.5) is 0 Å². The Morgan fingerprint density at radius 2 is 2.00 bits per heavy atom. The first kappa shape index (κ1) is 13.0. The smallest absolute Gasteiger partial charge is 0.230 e. The van der Waals surface area contributed by atoms with Gasteiger partial charge in [0.05, 0.1) is 10.4 Å². The topological polar surface area (TPSA) is 55.1 Å². The Bertz CT molecular complexity index is 440. The number of amides is 1. The van der Waals surface area contributed by atoms with Crippen molar-refractivity contribution in [3.8, 4) is 0 Å². The molecule has 3 nitrogen and oxygen atoms in total. The molecule has 1 amide bonds. The number of nitrogens with two attached hydrogens (primary N) is 1. The van der Waals surface area contributed by atoms with Crippen molar-refractivity contribution in [2.24, 2.45) is 5.73 Å². The van der Waals surface area contributed by atoms with Gasteiger partial charge in [0, 0.05) is 6.54 Å². The van der Waals surface area contributed by atoms with Crippen molar-refractivity contribution < 1.29 is 4.79 Å². The monoisotopic (exact) mass is 262 g/mol. The highest BCUT2D eigenvalue weighted by molar-refractivity contribution is 7.80. The fourth-order valence-electron chi connectivity index (χ4n) is 2.16. The van der Waals surface area contributed by atoms with E-state index >= 15 is 0 Å². The maximum absolute atomic E-state index is 12.2. The predicted molar refractivity (Wildman–Crippen MR) is 76.4 cm³/mol. The molecule has 0 spiro atoms. The Hall–Kier alpha value is -1.42. The van der Waals surface area contributed by atoms with Gasteiger partial charge in [-0.3, -0.25) is 4.79 Å². The molecule has 0 heterocycles. The van der Waals surface area contributed by atoms with Crippen LogP contribution in [-0.2, 0) is 10.2 Å². The van der Waals surface area contributed by atoms with Crippen molar-refractivity contribution >= 4 is 23.1 Å². The number of benzene rings is 1. The second kappa shape index (κ2) is 5.48. The van der Waals surface area contributed by atoms with Gasteiger partial charge < -0.3 is 11.1 Å². The molecule has 1 aromatic rings. The van der Waals surface area contributed by atoms with Crippen LogP contribution in [0.2, 0.25) is 0 Å². The molecule has 0 atom stereocenters. The lowest BCUT2D eigenvalue weighted by molar-refractivity contribution is -0.123. The molecule has 0 unspecified atom stereocenters. The summed E-state index contributed by atoms with van der Waals surface area (Å²) in [5.41, 5.74) is 6.27. The van der Waals surface area contributed by atoms with Crippen LogP contribution in [0.3, 0.4) is 0 Å². The Morgan fingerprint density at radius 3 is 2.56 bits per heavy atom. The molecule has 18 heavy (non-hydrogen) atoms. The number of carbonyl (C=O) groups is 1. The summed E-state index contributed by atoms with van der Waals surface area (Å²) < 4.78 is 0. The van der Waals surface area contributed by atoms with E-state index in [4.69, 9.17) is 18.0 Å². The third-order valence-electron chi connectivity index (χ3n) is 3.40. The quantitative estimate of drug-likeness (QED) is 0.608. The lowest BCUT2D eigenvalue weighted by atomic mass is 9.95. The molecule has 1 aromatic carbocycles. The summed E-state index contributed by atoms with van der Waals surface area (Å²) in [6.07, 6.45) is 3.39. The molecule has 4 heteroatoms. The maximum Gasteiger partial charge on any atom is 0.230 e. The van der Waals surface area contributed by atoms with Gasteiger partial charge in [0.25, 0.3) is 0 Å². The summed E-state index contributed by atoms with van der Waals surface area (Å²) in [6, 6.07) is 9.99. The molecular weight excluding hydrogens is 244 g/mol. The zero-order chi connectivity index (χ0) is 13.0. The van der Waals surface area contributed by atoms with Gasteiger partial charge in [-0.15, -0.1) is 0 Å². The third-order valence-corrected chi connectivity index (χ3v) is 3.60. The molecule has 0 saturated heterocycles. The Labute approximate surface area is 113 Å². The van der Waals surface area contributed by atoms with Crippen LogP contribution in [0.15, 0.2) is 30.3 Å². The first-order valence-electron chi connectivity index (χ1n) is 6.27. The zero-order valence-electron chi connectivity index (χ0n) is 10.3. The lowest BCUT2D eigenvalue weighted by Crippen LogP contribution is -2.35. The molecule has 1 saturated carbocycles.